The number of nitrogens with zero attached hydrogens (tertiary/aromatic N) is 1. The number of carbonyl (C=O) groups is 1. The number of aromatic amines is 1. The van der Waals surface area contributed by atoms with E-state index in [-0.39, 0.29) is 11.5 Å². The number of hydrogen-bond acceptors (Lipinski definition) is 4. The zero-order valence-corrected chi connectivity index (χ0v) is 8.48. The summed E-state index contributed by atoms with van der Waals surface area (Å²) in [5.41, 5.74) is -0.774. The van der Waals surface area contributed by atoms with Gasteiger partial charge in [-0.2, -0.15) is 0 Å². The molecule has 1 heterocycles. The maximum atomic E-state index is 11.1. The largest absolute Gasteiger partial charge is 0.477 e. The minimum atomic E-state index is -1.23. The molecule has 82 valence electrons. The number of H-pyrrole nitrogens is 1. The molecule has 6 nitrogen and oxygen atoms in total. The summed E-state index contributed by atoms with van der Waals surface area (Å²) in [4.78, 5) is 27.9. The molecule has 1 unspecified atom stereocenters. The van der Waals surface area contributed by atoms with E-state index in [1.807, 2.05) is 0 Å². The summed E-state index contributed by atoms with van der Waals surface area (Å²) in [7, 11) is 0. The molecule has 15 heavy (non-hydrogen) atoms. The number of aromatic carboxylic acids is 1. The van der Waals surface area contributed by atoms with Crippen molar-refractivity contribution in [1.82, 2.24) is 9.97 Å². The molecule has 1 atom stereocenters. The first-order valence-electron chi connectivity index (χ1n) is 4.50. The molecule has 1 aromatic heterocycles. The molecular formula is C9H12N2O4. The Morgan fingerprint density at radius 1 is 1.73 bits per heavy atom. The van der Waals surface area contributed by atoms with E-state index in [9.17, 15) is 9.59 Å². The summed E-state index contributed by atoms with van der Waals surface area (Å²) in [5.74, 6) is -1.01. The number of ether oxygens (including phenoxy) is 1. The smallest absolute Gasteiger partial charge is 0.354 e. The molecule has 0 spiro atoms. The minimum Gasteiger partial charge on any atom is -0.477 e. The molecule has 0 bridgehead atoms. The van der Waals surface area contributed by atoms with Crippen LogP contribution in [0, 0.1) is 0 Å². The molecule has 0 aromatic carbocycles. The van der Waals surface area contributed by atoms with Gasteiger partial charge in [-0.1, -0.05) is 0 Å². The second kappa shape index (κ2) is 4.70. The van der Waals surface area contributed by atoms with Crippen molar-refractivity contribution >= 4 is 5.97 Å². The van der Waals surface area contributed by atoms with Gasteiger partial charge in [0.15, 0.2) is 5.69 Å². The van der Waals surface area contributed by atoms with Crippen LogP contribution in [0.4, 0.5) is 0 Å². The number of nitrogens with one attached hydrogen (secondary N) is 1. The molecular weight excluding hydrogens is 200 g/mol. The molecule has 0 aliphatic carbocycles. The number of hydrogen-bond donors (Lipinski definition) is 2. The van der Waals surface area contributed by atoms with E-state index in [0.29, 0.717) is 6.61 Å². The van der Waals surface area contributed by atoms with Gasteiger partial charge in [0, 0.05) is 12.7 Å². The Hall–Kier alpha value is -1.69. The highest BCUT2D eigenvalue weighted by Gasteiger charge is 2.12. The normalized spacial score (nSPS) is 12.4. The molecule has 0 amide bonds. The van der Waals surface area contributed by atoms with Gasteiger partial charge in [0.1, 0.15) is 11.9 Å². The van der Waals surface area contributed by atoms with Crippen LogP contribution in [-0.2, 0) is 4.74 Å². The second-order valence-corrected chi connectivity index (χ2v) is 2.92. The Morgan fingerprint density at radius 2 is 2.40 bits per heavy atom. The van der Waals surface area contributed by atoms with Crippen LogP contribution in [0.15, 0.2) is 10.9 Å². The summed E-state index contributed by atoms with van der Waals surface area (Å²) < 4.78 is 5.19. The van der Waals surface area contributed by atoms with Gasteiger partial charge in [0.2, 0.25) is 0 Å². The lowest BCUT2D eigenvalue weighted by Gasteiger charge is -2.10. The Kier molecular flexibility index (Phi) is 3.56. The standard InChI is InChI=1S/C9H12N2O4/c1-3-15-5(2)8-10-6(9(13)14)4-7(12)11-8/h4-5H,3H2,1-2H3,(H,13,14)(H,10,11,12). The lowest BCUT2D eigenvalue weighted by Crippen LogP contribution is -2.18. The fourth-order valence-electron chi connectivity index (χ4n) is 1.11. The SMILES string of the molecule is CCOC(C)c1nc(C(=O)O)cc(=O)[nH]1. The van der Waals surface area contributed by atoms with Crippen LogP contribution in [0.1, 0.15) is 36.3 Å². The van der Waals surface area contributed by atoms with E-state index in [1.54, 1.807) is 13.8 Å². The van der Waals surface area contributed by atoms with Gasteiger partial charge in [-0.15, -0.1) is 0 Å². The van der Waals surface area contributed by atoms with Crippen LogP contribution >= 0.6 is 0 Å². The van der Waals surface area contributed by atoms with Crippen LogP contribution in [0.5, 0.6) is 0 Å². The molecule has 0 radical (unpaired) electrons. The molecule has 2 N–H and O–H groups in total. The molecule has 1 rings (SSSR count). The fourth-order valence-corrected chi connectivity index (χ4v) is 1.11. The minimum absolute atomic E-state index is 0.224. The zero-order chi connectivity index (χ0) is 11.4. The summed E-state index contributed by atoms with van der Waals surface area (Å²) >= 11 is 0. The first kappa shape index (κ1) is 11.4. The van der Waals surface area contributed by atoms with E-state index >= 15 is 0 Å². The number of carboxylic acids is 1. The third-order valence-electron chi connectivity index (χ3n) is 1.78. The van der Waals surface area contributed by atoms with E-state index in [4.69, 9.17) is 9.84 Å². The van der Waals surface area contributed by atoms with Gasteiger partial charge in [-0.3, -0.25) is 4.79 Å². The van der Waals surface area contributed by atoms with E-state index in [1.165, 1.54) is 0 Å². The highest BCUT2D eigenvalue weighted by molar-refractivity contribution is 5.85. The Balaban J connectivity index is 3.08. The summed E-state index contributed by atoms with van der Waals surface area (Å²) in [6.45, 7) is 3.95. The molecule has 0 saturated heterocycles. The zero-order valence-electron chi connectivity index (χ0n) is 8.48. The molecule has 0 saturated carbocycles. The van der Waals surface area contributed by atoms with Gasteiger partial charge in [0.05, 0.1) is 0 Å². The van der Waals surface area contributed by atoms with Gasteiger partial charge >= 0.3 is 5.97 Å². The van der Waals surface area contributed by atoms with Crippen molar-refractivity contribution in [2.75, 3.05) is 6.61 Å². The van der Waals surface area contributed by atoms with Crippen molar-refractivity contribution in [2.45, 2.75) is 20.0 Å². The van der Waals surface area contributed by atoms with Crippen LogP contribution < -0.4 is 5.56 Å². The quantitative estimate of drug-likeness (QED) is 0.760. The molecule has 0 aliphatic heterocycles. The van der Waals surface area contributed by atoms with Crippen molar-refractivity contribution in [2.24, 2.45) is 0 Å². The van der Waals surface area contributed by atoms with Gasteiger partial charge < -0.3 is 14.8 Å². The third-order valence-corrected chi connectivity index (χ3v) is 1.78. The van der Waals surface area contributed by atoms with Gasteiger partial charge in [-0.25, -0.2) is 9.78 Å². The number of carboxylic acid groups (broad SMARTS) is 1. The van der Waals surface area contributed by atoms with Crippen molar-refractivity contribution in [1.29, 1.82) is 0 Å². The molecule has 0 aliphatic rings. The molecule has 0 fully saturated rings. The van der Waals surface area contributed by atoms with E-state index < -0.39 is 17.6 Å². The predicted molar refractivity (Wildman–Crippen MR) is 51.9 cm³/mol. The summed E-state index contributed by atoms with van der Waals surface area (Å²) in [5, 5.41) is 8.69. The Labute approximate surface area is 85.9 Å². The van der Waals surface area contributed by atoms with Crippen molar-refractivity contribution in [3.05, 3.63) is 27.9 Å². The van der Waals surface area contributed by atoms with Crippen LogP contribution in [0.25, 0.3) is 0 Å². The van der Waals surface area contributed by atoms with Crippen molar-refractivity contribution in [3.63, 3.8) is 0 Å². The van der Waals surface area contributed by atoms with Crippen LogP contribution in [-0.4, -0.2) is 27.7 Å². The average Bonchev–Trinajstić information content (AvgIpc) is 2.17. The highest BCUT2D eigenvalue weighted by atomic mass is 16.5. The highest BCUT2D eigenvalue weighted by Crippen LogP contribution is 2.10. The van der Waals surface area contributed by atoms with Crippen molar-refractivity contribution in [3.8, 4) is 0 Å². The molecule has 6 heteroatoms. The van der Waals surface area contributed by atoms with Crippen LogP contribution in [0.3, 0.4) is 0 Å². The van der Waals surface area contributed by atoms with Gasteiger partial charge in [-0.05, 0) is 13.8 Å². The lowest BCUT2D eigenvalue weighted by atomic mass is 10.3. The number of rotatable bonds is 4. The Morgan fingerprint density at radius 3 is 2.93 bits per heavy atom. The lowest BCUT2D eigenvalue weighted by molar-refractivity contribution is 0.0659. The first-order valence-corrected chi connectivity index (χ1v) is 4.50. The fraction of sp³-hybridized carbons (Fsp3) is 0.444. The van der Waals surface area contributed by atoms with Gasteiger partial charge in [0.25, 0.3) is 5.56 Å². The molecule has 1 aromatic rings. The predicted octanol–water partition coefficient (Wildman–Crippen LogP) is 0.566. The summed E-state index contributed by atoms with van der Waals surface area (Å²) in [6.07, 6.45) is -0.429. The van der Waals surface area contributed by atoms with E-state index in [2.05, 4.69) is 9.97 Å². The third kappa shape index (κ3) is 2.88. The van der Waals surface area contributed by atoms with Crippen molar-refractivity contribution < 1.29 is 14.6 Å². The first-order chi connectivity index (χ1) is 7.04. The van der Waals surface area contributed by atoms with E-state index in [0.717, 1.165) is 6.07 Å². The topological polar surface area (TPSA) is 92.3 Å². The van der Waals surface area contributed by atoms with Crippen LogP contribution in [0.2, 0.25) is 0 Å². The maximum absolute atomic E-state index is 11.1. The second-order valence-electron chi connectivity index (χ2n) is 2.92. The monoisotopic (exact) mass is 212 g/mol. The maximum Gasteiger partial charge on any atom is 0.354 e. The Bertz CT molecular complexity index is 413. The average molecular weight is 212 g/mol. The number of aromatic nitrogens is 2. The summed E-state index contributed by atoms with van der Waals surface area (Å²) in [6, 6.07) is 0.935.